The Labute approximate surface area is 269 Å². The molecule has 0 atom stereocenters. The Bertz CT molecular complexity index is 1840. The van der Waals surface area contributed by atoms with Crippen molar-refractivity contribution < 1.29 is 33.1 Å². The van der Waals surface area contributed by atoms with E-state index in [0.717, 1.165) is 5.52 Å². The normalized spacial score (nSPS) is 13.5. The Balaban J connectivity index is 1.44. The van der Waals surface area contributed by atoms with Crippen molar-refractivity contribution in [2.75, 3.05) is 40.3 Å². The molecule has 0 bridgehead atoms. The highest BCUT2D eigenvalue weighted by molar-refractivity contribution is 6.00. The predicted octanol–water partition coefficient (Wildman–Crippen LogP) is 1.37. The molecule has 3 heterocycles. The van der Waals surface area contributed by atoms with Crippen LogP contribution in [0.3, 0.4) is 0 Å². The summed E-state index contributed by atoms with van der Waals surface area (Å²) < 4.78 is 23.4. The Morgan fingerprint density at radius 1 is 0.957 bits per heavy atom. The van der Waals surface area contributed by atoms with E-state index >= 15 is 4.39 Å². The number of rotatable bonds is 11. The summed E-state index contributed by atoms with van der Waals surface area (Å²) in [6.45, 7) is 0.0368. The molecule has 2 aromatic heterocycles. The number of hydrogen-bond donors (Lipinski definition) is 3. The average Bonchev–Trinajstić information content (AvgIpc) is 3.63. The fraction of sp³-hybridized carbons (Fsp3) is 0.406. The SMILES string of the molecule is CNC(=O)CCC(=O)N1CCC(c2nn(CC(=O)NCC(=O)NCC(=O)OC)c3cccc(-c4cc5c(cnn5C)cc4F)c23)CC1. The third kappa shape index (κ3) is 7.39. The maximum Gasteiger partial charge on any atom is 0.325 e. The summed E-state index contributed by atoms with van der Waals surface area (Å²) in [5.41, 5.74) is 3.01. The van der Waals surface area contributed by atoms with Gasteiger partial charge in [-0.1, -0.05) is 12.1 Å². The second kappa shape index (κ2) is 14.4. The number of hydrogen-bond acceptors (Lipinski definition) is 8. The van der Waals surface area contributed by atoms with Gasteiger partial charge in [0, 0.05) is 62.3 Å². The highest BCUT2D eigenvalue weighted by Crippen LogP contribution is 2.39. The first-order valence-corrected chi connectivity index (χ1v) is 15.3. The van der Waals surface area contributed by atoms with Crippen molar-refractivity contribution in [3.05, 3.63) is 48.0 Å². The van der Waals surface area contributed by atoms with Gasteiger partial charge in [-0.05, 0) is 36.6 Å². The number of aromatic nitrogens is 4. The number of esters is 1. The van der Waals surface area contributed by atoms with Crippen molar-refractivity contribution in [2.45, 2.75) is 38.1 Å². The highest BCUT2D eigenvalue weighted by Gasteiger charge is 2.29. The van der Waals surface area contributed by atoms with Crippen LogP contribution in [0.1, 0.15) is 37.3 Å². The summed E-state index contributed by atoms with van der Waals surface area (Å²) >= 11 is 0. The number of nitrogens with zero attached hydrogens (tertiary/aromatic N) is 5. The van der Waals surface area contributed by atoms with Gasteiger partial charge in [-0.25, -0.2) is 4.39 Å². The topological polar surface area (TPSA) is 170 Å². The average molecular weight is 649 g/mol. The third-order valence-electron chi connectivity index (χ3n) is 8.41. The van der Waals surface area contributed by atoms with Crippen molar-refractivity contribution in [1.29, 1.82) is 0 Å². The van der Waals surface area contributed by atoms with Crippen LogP contribution in [0.2, 0.25) is 0 Å². The molecule has 14 nitrogen and oxygen atoms in total. The van der Waals surface area contributed by atoms with Gasteiger partial charge in [-0.2, -0.15) is 10.2 Å². The monoisotopic (exact) mass is 648 g/mol. The number of nitrogens with one attached hydrogen (secondary N) is 3. The van der Waals surface area contributed by atoms with Crippen molar-refractivity contribution in [3.8, 4) is 11.1 Å². The number of piperidine rings is 1. The Hall–Kier alpha value is -5.34. The molecule has 5 rings (SSSR count). The van der Waals surface area contributed by atoms with Crippen molar-refractivity contribution >= 4 is 51.4 Å². The number of carbonyl (C=O) groups is 5. The van der Waals surface area contributed by atoms with E-state index in [1.54, 1.807) is 35.0 Å². The molecule has 0 radical (unpaired) electrons. The molecule has 47 heavy (non-hydrogen) atoms. The van der Waals surface area contributed by atoms with Crippen LogP contribution in [-0.4, -0.2) is 94.4 Å². The summed E-state index contributed by atoms with van der Waals surface area (Å²) in [4.78, 5) is 62.5. The number of halogens is 1. The smallest absolute Gasteiger partial charge is 0.325 e. The van der Waals surface area contributed by atoms with Crippen LogP contribution >= 0.6 is 0 Å². The van der Waals surface area contributed by atoms with E-state index in [0.29, 0.717) is 59.0 Å². The second-order valence-electron chi connectivity index (χ2n) is 11.4. The first-order valence-electron chi connectivity index (χ1n) is 15.3. The number of carbonyl (C=O) groups excluding carboxylic acids is 5. The molecule has 3 N–H and O–H groups in total. The van der Waals surface area contributed by atoms with E-state index in [1.807, 2.05) is 12.1 Å². The number of methoxy groups -OCH3 is 1. The van der Waals surface area contributed by atoms with E-state index in [4.69, 9.17) is 5.10 Å². The largest absolute Gasteiger partial charge is 0.468 e. The molecule has 248 valence electrons. The van der Waals surface area contributed by atoms with Crippen LogP contribution in [0.15, 0.2) is 36.5 Å². The molecule has 1 aliphatic rings. The fourth-order valence-corrected chi connectivity index (χ4v) is 5.85. The summed E-state index contributed by atoms with van der Waals surface area (Å²) in [5.74, 6) is -2.48. The van der Waals surface area contributed by atoms with E-state index < -0.39 is 23.6 Å². The molecule has 4 amide bonds. The zero-order valence-electron chi connectivity index (χ0n) is 26.5. The molecule has 1 aliphatic heterocycles. The summed E-state index contributed by atoms with van der Waals surface area (Å²) in [7, 11) is 4.52. The minimum atomic E-state index is -0.617. The van der Waals surface area contributed by atoms with Gasteiger partial charge in [0.1, 0.15) is 18.9 Å². The van der Waals surface area contributed by atoms with Gasteiger partial charge in [0.15, 0.2) is 0 Å². The van der Waals surface area contributed by atoms with Gasteiger partial charge in [0.25, 0.3) is 0 Å². The van der Waals surface area contributed by atoms with E-state index in [1.165, 1.54) is 24.9 Å². The molecule has 1 saturated heterocycles. The van der Waals surface area contributed by atoms with Gasteiger partial charge in [0.05, 0.1) is 36.6 Å². The standard InChI is InChI=1S/C32H37FN8O6/c1-34-26(42)7-8-29(45)40-11-9-19(10-12-40)32-31-21(22-14-25-20(13-23(22)33)15-37-39(25)2)5-4-6-24(31)41(38-32)18-28(44)35-16-27(43)36-17-30(46)47-3/h4-6,13-15,19H,7-12,16-18H2,1-3H3,(H,34,42)(H,35,44)(H,36,43). The maximum absolute atomic E-state index is 15.7. The van der Waals surface area contributed by atoms with Crippen molar-refractivity contribution in [3.63, 3.8) is 0 Å². The number of fused-ring (bicyclic) bond motifs is 2. The van der Waals surface area contributed by atoms with Crippen molar-refractivity contribution in [1.82, 2.24) is 40.4 Å². The van der Waals surface area contributed by atoms with Gasteiger partial charge in [0.2, 0.25) is 23.6 Å². The number of ether oxygens (including phenoxy) is 1. The first kappa shape index (κ1) is 33.0. The lowest BCUT2D eigenvalue weighted by molar-refractivity contribution is -0.141. The molecule has 2 aromatic carbocycles. The Kier molecular flexibility index (Phi) is 10.1. The van der Waals surface area contributed by atoms with Crippen LogP contribution in [0.4, 0.5) is 4.39 Å². The zero-order chi connectivity index (χ0) is 33.7. The highest BCUT2D eigenvalue weighted by atomic mass is 19.1. The molecule has 0 unspecified atom stereocenters. The maximum atomic E-state index is 15.7. The van der Waals surface area contributed by atoms with Crippen LogP contribution in [0.5, 0.6) is 0 Å². The minimum absolute atomic E-state index is 0.0954. The number of likely N-dealkylation sites (tertiary alicyclic amines) is 1. The molecular weight excluding hydrogens is 611 g/mol. The summed E-state index contributed by atoms with van der Waals surface area (Å²) in [5, 5.41) is 17.9. The van der Waals surface area contributed by atoms with E-state index in [9.17, 15) is 24.0 Å². The molecule has 0 aliphatic carbocycles. The molecular formula is C32H37FN8O6. The quantitative estimate of drug-likeness (QED) is 0.205. The number of amides is 4. The lowest BCUT2D eigenvalue weighted by atomic mass is 9.88. The lowest BCUT2D eigenvalue weighted by Gasteiger charge is -2.31. The molecule has 0 spiro atoms. The number of benzene rings is 2. The van der Waals surface area contributed by atoms with Crippen LogP contribution in [0, 0.1) is 5.82 Å². The van der Waals surface area contributed by atoms with Crippen molar-refractivity contribution in [2.24, 2.45) is 7.05 Å². The summed E-state index contributed by atoms with van der Waals surface area (Å²) in [6, 6.07) is 8.60. The lowest BCUT2D eigenvalue weighted by Crippen LogP contribution is -2.40. The predicted molar refractivity (Wildman–Crippen MR) is 169 cm³/mol. The van der Waals surface area contributed by atoms with E-state index in [2.05, 4.69) is 25.8 Å². The van der Waals surface area contributed by atoms with E-state index in [-0.39, 0.29) is 50.2 Å². The van der Waals surface area contributed by atoms with Crippen LogP contribution in [-0.2, 0) is 42.3 Å². The first-order chi connectivity index (χ1) is 22.6. The minimum Gasteiger partial charge on any atom is -0.468 e. The Morgan fingerprint density at radius 2 is 1.70 bits per heavy atom. The molecule has 15 heteroatoms. The number of aryl methyl sites for hydroxylation is 1. The van der Waals surface area contributed by atoms with Gasteiger partial charge in [-0.3, -0.25) is 33.3 Å². The summed E-state index contributed by atoms with van der Waals surface area (Å²) in [6.07, 6.45) is 3.02. The Morgan fingerprint density at radius 3 is 2.43 bits per heavy atom. The zero-order valence-corrected chi connectivity index (χ0v) is 26.5. The van der Waals surface area contributed by atoms with Crippen LogP contribution < -0.4 is 16.0 Å². The molecule has 0 saturated carbocycles. The van der Waals surface area contributed by atoms with Gasteiger partial charge >= 0.3 is 5.97 Å². The second-order valence-corrected chi connectivity index (χ2v) is 11.4. The molecule has 4 aromatic rings. The van der Waals surface area contributed by atoms with Gasteiger partial charge < -0.3 is 25.6 Å². The third-order valence-corrected chi connectivity index (χ3v) is 8.41. The molecule has 1 fully saturated rings. The van der Waals surface area contributed by atoms with Gasteiger partial charge in [-0.15, -0.1) is 0 Å². The fourth-order valence-electron chi connectivity index (χ4n) is 5.85. The van der Waals surface area contributed by atoms with Crippen LogP contribution in [0.25, 0.3) is 32.9 Å².